The molecule has 1 heterocycles. The number of ether oxygens (including phenoxy) is 1. The monoisotopic (exact) mass is 253 g/mol. The van der Waals surface area contributed by atoms with Crippen molar-refractivity contribution in [2.75, 3.05) is 6.61 Å². The lowest BCUT2D eigenvalue weighted by Crippen LogP contribution is -2.19. The van der Waals surface area contributed by atoms with Gasteiger partial charge in [0.15, 0.2) is 0 Å². The minimum absolute atomic E-state index is 0.215. The number of halogens is 1. The molecule has 0 bridgehead atoms. The molecule has 0 spiro atoms. The van der Waals surface area contributed by atoms with Gasteiger partial charge in [-0.05, 0) is 31.4 Å². The van der Waals surface area contributed by atoms with E-state index in [4.69, 9.17) is 16.3 Å². The van der Waals surface area contributed by atoms with Crippen molar-refractivity contribution in [1.82, 2.24) is 4.98 Å². The van der Waals surface area contributed by atoms with E-state index in [9.17, 15) is 4.79 Å². The minimum Gasteiger partial charge on any atom is -0.466 e. The maximum Gasteiger partial charge on any atom is 0.309 e. The maximum absolute atomic E-state index is 11.7. The first-order valence-corrected chi connectivity index (χ1v) is 5.93. The fourth-order valence-electron chi connectivity index (χ4n) is 1.56. The van der Waals surface area contributed by atoms with E-state index in [-0.39, 0.29) is 11.9 Å². The lowest BCUT2D eigenvalue weighted by atomic mass is 9.97. The van der Waals surface area contributed by atoms with Gasteiger partial charge in [-0.25, -0.2) is 4.98 Å². The van der Waals surface area contributed by atoms with Crippen molar-refractivity contribution < 1.29 is 9.53 Å². The van der Waals surface area contributed by atoms with Crippen LogP contribution < -0.4 is 0 Å². The number of nitrogens with zero attached hydrogens (tertiary/aromatic N) is 1. The molecule has 1 aromatic heterocycles. The molecule has 0 fully saturated rings. The number of pyridine rings is 1. The third-order valence-electron chi connectivity index (χ3n) is 2.37. The molecule has 17 heavy (non-hydrogen) atoms. The van der Waals surface area contributed by atoms with Gasteiger partial charge in [0.1, 0.15) is 5.15 Å². The second-order valence-electron chi connectivity index (χ2n) is 3.63. The van der Waals surface area contributed by atoms with E-state index in [1.807, 2.05) is 6.07 Å². The van der Waals surface area contributed by atoms with Gasteiger partial charge in [0, 0.05) is 6.20 Å². The van der Waals surface area contributed by atoms with E-state index >= 15 is 0 Å². The molecule has 0 radical (unpaired) electrons. The van der Waals surface area contributed by atoms with Crippen LogP contribution in [0.15, 0.2) is 31.0 Å². The van der Waals surface area contributed by atoms with E-state index in [1.165, 1.54) is 0 Å². The summed E-state index contributed by atoms with van der Waals surface area (Å²) in [6.45, 7) is 5.82. The van der Waals surface area contributed by atoms with Crippen molar-refractivity contribution in [3.8, 4) is 0 Å². The van der Waals surface area contributed by atoms with Crippen LogP contribution in [-0.4, -0.2) is 17.6 Å². The van der Waals surface area contributed by atoms with Crippen LogP contribution in [0, 0.1) is 5.92 Å². The van der Waals surface area contributed by atoms with Gasteiger partial charge in [0.25, 0.3) is 0 Å². The zero-order valence-electron chi connectivity index (χ0n) is 9.86. The van der Waals surface area contributed by atoms with Crippen LogP contribution in [0.2, 0.25) is 5.15 Å². The summed E-state index contributed by atoms with van der Waals surface area (Å²) in [5.74, 6) is -0.457. The predicted molar refractivity (Wildman–Crippen MR) is 67.9 cm³/mol. The molecular formula is C13H16ClNO2. The summed E-state index contributed by atoms with van der Waals surface area (Å²) in [5.41, 5.74) is 0.856. The number of carbonyl (C=O) groups is 1. The van der Waals surface area contributed by atoms with E-state index in [0.717, 1.165) is 5.56 Å². The van der Waals surface area contributed by atoms with Gasteiger partial charge in [-0.1, -0.05) is 23.7 Å². The molecule has 0 saturated heterocycles. The highest BCUT2D eigenvalue weighted by molar-refractivity contribution is 6.30. The number of allylic oxidation sites excluding steroid dienone is 1. The number of carbonyl (C=O) groups excluding carboxylic acids is 1. The first kappa shape index (κ1) is 13.7. The molecule has 92 valence electrons. The molecule has 4 heteroatoms. The Balaban J connectivity index is 2.76. The number of hydrogen-bond donors (Lipinski definition) is 0. The van der Waals surface area contributed by atoms with E-state index in [1.54, 1.807) is 25.3 Å². The second-order valence-corrected chi connectivity index (χ2v) is 3.99. The fraction of sp³-hybridized carbons (Fsp3) is 0.385. The van der Waals surface area contributed by atoms with E-state index in [2.05, 4.69) is 11.6 Å². The molecule has 1 unspecified atom stereocenters. The normalized spacial score (nSPS) is 11.9. The van der Waals surface area contributed by atoms with Crippen molar-refractivity contribution in [2.45, 2.75) is 19.8 Å². The van der Waals surface area contributed by atoms with Crippen LogP contribution in [0.25, 0.3) is 0 Å². The third-order valence-corrected chi connectivity index (χ3v) is 2.71. The summed E-state index contributed by atoms with van der Waals surface area (Å²) in [6.07, 6.45) is 4.44. The number of hydrogen-bond acceptors (Lipinski definition) is 3. The molecule has 1 atom stereocenters. The van der Waals surface area contributed by atoms with Gasteiger partial charge in [-0.3, -0.25) is 4.79 Å². The van der Waals surface area contributed by atoms with Gasteiger partial charge in [0.2, 0.25) is 0 Å². The molecule has 0 aliphatic rings. The van der Waals surface area contributed by atoms with Crippen LogP contribution in [0.3, 0.4) is 0 Å². The van der Waals surface area contributed by atoms with Crippen LogP contribution in [0.1, 0.15) is 18.9 Å². The highest BCUT2D eigenvalue weighted by Gasteiger charge is 2.20. The maximum atomic E-state index is 11.7. The molecule has 3 nitrogen and oxygen atoms in total. The van der Waals surface area contributed by atoms with Gasteiger partial charge in [-0.2, -0.15) is 0 Å². The topological polar surface area (TPSA) is 39.2 Å². The fourth-order valence-corrected chi connectivity index (χ4v) is 1.76. The van der Waals surface area contributed by atoms with E-state index < -0.39 is 0 Å². The average Bonchev–Trinajstić information content (AvgIpc) is 2.31. The summed E-state index contributed by atoms with van der Waals surface area (Å²) < 4.78 is 5.02. The Morgan fingerprint density at radius 3 is 3.06 bits per heavy atom. The quantitative estimate of drug-likeness (QED) is 0.444. The van der Waals surface area contributed by atoms with Gasteiger partial charge in [-0.15, -0.1) is 6.58 Å². The number of esters is 1. The van der Waals surface area contributed by atoms with Crippen molar-refractivity contribution in [2.24, 2.45) is 5.92 Å². The Morgan fingerprint density at radius 1 is 1.71 bits per heavy atom. The van der Waals surface area contributed by atoms with Crippen molar-refractivity contribution in [3.63, 3.8) is 0 Å². The Kier molecular flexibility index (Phi) is 5.70. The zero-order chi connectivity index (χ0) is 12.7. The average molecular weight is 254 g/mol. The number of rotatable bonds is 6. The molecule has 0 saturated carbocycles. The Bertz CT molecular complexity index is 393. The number of aromatic nitrogens is 1. The van der Waals surface area contributed by atoms with Crippen molar-refractivity contribution in [3.05, 3.63) is 41.7 Å². The highest BCUT2D eigenvalue weighted by atomic mass is 35.5. The Morgan fingerprint density at radius 2 is 2.47 bits per heavy atom. The predicted octanol–water partition coefficient (Wildman–Crippen LogP) is 3.03. The minimum atomic E-state index is -0.242. The van der Waals surface area contributed by atoms with Gasteiger partial charge < -0.3 is 4.74 Å². The van der Waals surface area contributed by atoms with Crippen LogP contribution in [-0.2, 0) is 16.0 Å². The van der Waals surface area contributed by atoms with Crippen LogP contribution in [0.5, 0.6) is 0 Å². The zero-order valence-corrected chi connectivity index (χ0v) is 10.6. The standard InChI is InChI=1S/C13H16ClNO2/c1-3-6-11(13(16)17-4-2)9-10-7-5-8-15-12(10)14/h3,5,7-8,11H,1,4,6,9H2,2H3. The SMILES string of the molecule is C=CCC(Cc1cccnc1Cl)C(=O)OCC. The lowest BCUT2D eigenvalue weighted by molar-refractivity contribution is -0.147. The molecule has 0 N–H and O–H groups in total. The molecule has 1 aromatic rings. The largest absolute Gasteiger partial charge is 0.466 e. The van der Waals surface area contributed by atoms with Crippen LogP contribution in [0.4, 0.5) is 0 Å². The molecule has 0 aliphatic heterocycles. The summed E-state index contributed by atoms with van der Waals surface area (Å²) in [7, 11) is 0. The molecular weight excluding hydrogens is 238 g/mol. The first-order chi connectivity index (χ1) is 8.19. The summed E-state index contributed by atoms with van der Waals surface area (Å²) in [5, 5.41) is 0.436. The molecule has 0 amide bonds. The van der Waals surface area contributed by atoms with Crippen molar-refractivity contribution >= 4 is 17.6 Å². The first-order valence-electron chi connectivity index (χ1n) is 5.56. The summed E-state index contributed by atoms with van der Waals surface area (Å²) in [6, 6.07) is 3.67. The molecule has 0 aliphatic carbocycles. The van der Waals surface area contributed by atoms with Gasteiger partial charge in [0.05, 0.1) is 12.5 Å². The van der Waals surface area contributed by atoms with E-state index in [0.29, 0.717) is 24.6 Å². The van der Waals surface area contributed by atoms with Crippen molar-refractivity contribution in [1.29, 1.82) is 0 Å². The summed E-state index contributed by atoms with van der Waals surface area (Å²) >= 11 is 5.96. The van der Waals surface area contributed by atoms with Crippen LogP contribution >= 0.6 is 11.6 Å². The third kappa shape index (κ3) is 4.19. The Hall–Kier alpha value is -1.35. The summed E-state index contributed by atoms with van der Waals surface area (Å²) in [4.78, 5) is 15.7. The Labute approximate surface area is 106 Å². The second kappa shape index (κ2) is 7.07. The highest BCUT2D eigenvalue weighted by Crippen LogP contribution is 2.19. The van der Waals surface area contributed by atoms with Gasteiger partial charge >= 0.3 is 5.97 Å². The smallest absolute Gasteiger partial charge is 0.309 e. The molecule has 0 aromatic carbocycles. The lowest BCUT2D eigenvalue weighted by Gasteiger charge is -2.14. The molecule has 1 rings (SSSR count).